The van der Waals surface area contributed by atoms with Gasteiger partial charge in [0.15, 0.2) is 0 Å². The van der Waals surface area contributed by atoms with E-state index in [9.17, 15) is 4.39 Å². The first-order valence-corrected chi connectivity index (χ1v) is 6.39. The highest BCUT2D eigenvalue weighted by molar-refractivity contribution is 7.09. The second-order valence-corrected chi connectivity index (χ2v) is 4.99. The minimum absolute atomic E-state index is 0.0683. The first kappa shape index (κ1) is 12.0. The summed E-state index contributed by atoms with van der Waals surface area (Å²) in [6.45, 7) is 5.75. The van der Waals surface area contributed by atoms with Gasteiger partial charge < -0.3 is 5.32 Å². The molecule has 0 fully saturated rings. The minimum Gasteiger partial charge on any atom is -0.375 e. The molecule has 0 aliphatic carbocycles. The van der Waals surface area contributed by atoms with E-state index in [1.54, 1.807) is 30.4 Å². The van der Waals surface area contributed by atoms with Crippen LogP contribution in [0.3, 0.4) is 0 Å². The molecule has 1 aromatic heterocycles. The van der Waals surface area contributed by atoms with Crippen LogP contribution in [0.15, 0.2) is 23.7 Å². The number of halogens is 1. The second kappa shape index (κ2) is 4.84. The molecule has 0 aliphatic heterocycles. The van der Waals surface area contributed by atoms with Crippen LogP contribution in [-0.4, -0.2) is 4.98 Å². The molecule has 1 heterocycles. The smallest absolute Gasteiger partial charge is 0.149 e. The summed E-state index contributed by atoms with van der Waals surface area (Å²) >= 11 is 1.59. The molecule has 1 atom stereocenters. The summed E-state index contributed by atoms with van der Waals surface area (Å²) in [5, 5.41) is 3.19. The van der Waals surface area contributed by atoms with E-state index in [-0.39, 0.29) is 11.9 Å². The Hall–Kier alpha value is -1.42. The first-order valence-electron chi connectivity index (χ1n) is 5.51. The predicted molar refractivity (Wildman–Crippen MR) is 70.0 cm³/mol. The summed E-state index contributed by atoms with van der Waals surface area (Å²) < 4.78 is 13.8. The summed E-state index contributed by atoms with van der Waals surface area (Å²) in [5.41, 5.74) is 4.02. The summed E-state index contributed by atoms with van der Waals surface area (Å²) in [5.74, 6) is -0.179. The van der Waals surface area contributed by atoms with Crippen molar-refractivity contribution in [3.63, 3.8) is 0 Å². The van der Waals surface area contributed by atoms with Gasteiger partial charge in [-0.3, -0.25) is 0 Å². The number of anilines is 1. The van der Waals surface area contributed by atoms with Crippen LogP contribution in [0.5, 0.6) is 0 Å². The molecule has 0 bridgehead atoms. The molecule has 2 rings (SSSR count). The highest BCUT2D eigenvalue weighted by Gasteiger charge is 2.13. The van der Waals surface area contributed by atoms with Crippen LogP contribution < -0.4 is 5.32 Å². The highest BCUT2D eigenvalue weighted by atomic mass is 32.1. The standard InChI is InChI=1S/C13H15FN2S/c1-8-5-4-6-11(12(8)14)16-10(3)13-9(2)15-7-17-13/h4-7,10,16H,1-3H3. The zero-order valence-corrected chi connectivity index (χ0v) is 10.9. The van der Waals surface area contributed by atoms with Gasteiger partial charge in [-0.25, -0.2) is 9.37 Å². The van der Waals surface area contributed by atoms with Crippen LogP contribution in [0.25, 0.3) is 0 Å². The molecule has 1 aromatic carbocycles. The number of nitrogens with one attached hydrogen (secondary N) is 1. The lowest BCUT2D eigenvalue weighted by atomic mass is 10.1. The Morgan fingerprint density at radius 3 is 2.76 bits per heavy atom. The van der Waals surface area contributed by atoms with E-state index < -0.39 is 0 Å². The normalized spacial score (nSPS) is 12.5. The third kappa shape index (κ3) is 2.47. The maximum Gasteiger partial charge on any atom is 0.149 e. The van der Waals surface area contributed by atoms with Gasteiger partial charge in [-0.2, -0.15) is 0 Å². The van der Waals surface area contributed by atoms with Gasteiger partial charge in [-0.1, -0.05) is 12.1 Å². The van der Waals surface area contributed by atoms with Crippen molar-refractivity contribution in [1.82, 2.24) is 4.98 Å². The van der Waals surface area contributed by atoms with Crippen LogP contribution >= 0.6 is 11.3 Å². The minimum atomic E-state index is -0.179. The molecule has 4 heteroatoms. The summed E-state index contributed by atoms with van der Waals surface area (Å²) in [6, 6.07) is 5.45. The van der Waals surface area contributed by atoms with Crippen LogP contribution in [0, 0.1) is 19.7 Å². The van der Waals surface area contributed by atoms with Crippen molar-refractivity contribution in [2.75, 3.05) is 5.32 Å². The average molecular weight is 250 g/mol. The molecule has 2 aromatic rings. The lowest BCUT2D eigenvalue weighted by molar-refractivity contribution is 0.618. The fraction of sp³-hybridized carbons (Fsp3) is 0.308. The van der Waals surface area contributed by atoms with Gasteiger partial charge in [-0.15, -0.1) is 11.3 Å². The number of aromatic nitrogens is 1. The summed E-state index contributed by atoms with van der Waals surface area (Å²) in [6.07, 6.45) is 0. The molecule has 2 nitrogen and oxygen atoms in total. The lowest BCUT2D eigenvalue weighted by Gasteiger charge is -2.15. The molecule has 0 saturated heterocycles. The fourth-order valence-corrected chi connectivity index (χ4v) is 2.59. The van der Waals surface area contributed by atoms with Crippen molar-refractivity contribution >= 4 is 17.0 Å². The van der Waals surface area contributed by atoms with Crippen molar-refractivity contribution in [3.8, 4) is 0 Å². The topological polar surface area (TPSA) is 24.9 Å². The van der Waals surface area contributed by atoms with E-state index in [4.69, 9.17) is 0 Å². The molecule has 0 radical (unpaired) electrons. The van der Waals surface area contributed by atoms with Gasteiger partial charge in [-0.05, 0) is 32.4 Å². The van der Waals surface area contributed by atoms with E-state index in [1.807, 2.05) is 25.4 Å². The van der Waals surface area contributed by atoms with Gasteiger partial charge in [0.25, 0.3) is 0 Å². The maximum atomic E-state index is 13.8. The Balaban J connectivity index is 2.22. The molecule has 90 valence electrons. The van der Waals surface area contributed by atoms with Crippen molar-refractivity contribution in [2.24, 2.45) is 0 Å². The Labute approximate surface area is 105 Å². The molecule has 1 unspecified atom stereocenters. The second-order valence-electron chi connectivity index (χ2n) is 4.10. The molecular weight excluding hydrogens is 235 g/mol. The van der Waals surface area contributed by atoms with Crippen molar-refractivity contribution in [2.45, 2.75) is 26.8 Å². The lowest BCUT2D eigenvalue weighted by Crippen LogP contribution is -2.08. The number of hydrogen-bond donors (Lipinski definition) is 1. The van der Waals surface area contributed by atoms with Crippen LogP contribution in [0.2, 0.25) is 0 Å². The van der Waals surface area contributed by atoms with Gasteiger partial charge in [0, 0.05) is 4.88 Å². The van der Waals surface area contributed by atoms with Crippen LogP contribution in [-0.2, 0) is 0 Å². The van der Waals surface area contributed by atoms with Crippen molar-refractivity contribution in [1.29, 1.82) is 0 Å². The number of hydrogen-bond acceptors (Lipinski definition) is 3. The fourth-order valence-electron chi connectivity index (χ4n) is 1.78. The number of benzene rings is 1. The van der Waals surface area contributed by atoms with Gasteiger partial charge in [0.1, 0.15) is 5.82 Å². The number of thiazole rings is 1. The molecule has 0 amide bonds. The maximum absolute atomic E-state index is 13.8. The molecule has 0 spiro atoms. The number of aryl methyl sites for hydroxylation is 2. The number of rotatable bonds is 3. The third-order valence-corrected chi connectivity index (χ3v) is 3.85. The van der Waals surface area contributed by atoms with E-state index in [2.05, 4.69) is 10.3 Å². The van der Waals surface area contributed by atoms with E-state index in [1.165, 1.54) is 0 Å². The largest absolute Gasteiger partial charge is 0.375 e. The molecule has 0 saturated carbocycles. The van der Waals surface area contributed by atoms with E-state index >= 15 is 0 Å². The molecule has 0 aliphatic rings. The van der Waals surface area contributed by atoms with Crippen molar-refractivity contribution in [3.05, 3.63) is 45.7 Å². The highest BCUT2D eigenvalue weighted by Crippen LogP contribution is 2.27. The monoisotopic (exact) mass is 250 g/mol. The predicted octanol–water partition coefficient (Wildman–Crippen LogP) is 4.07. The average Bonchev–Trinajstić information content (AvgIpc) is 2.71. The van der Waals surface area contributed by atoms with Gasteiger partial charge in [0.2, 0.25) is 0 Å². The quantitative estimate of drug-likeness (QED) is 0.888. The molecular formula is C13H15FN2S. The van der Waals surface area contributed by atoms with E-state index in [0.29, 0.717) is 11.3 Å². The summed E-state index contributed by atoms with van der Waals surface area (Å²) in [4.78, 5) is 5.35. The Bertz CT molecular complexity index is 522. The zero-order valence-electron chi connectivity index (χ0n) is 10.1. The Morgan fingerprint density at radius 1 is 1.35 bits per heavy atom. The van der Waals surface area contributed by atoms with Gasteiger partial charge >= 0.3 is 0 Å². The van der Waals surface area contributed by atoms with Crippen molar-refractivity contribution < 1.29 is 4.39 Å². The zero-order chi connectivity index (χ0) is 12.4. The first-order chi connectivity index (χ1) is 8.09. The molecule has 1 N–H and O–H groups in total. The summed E-state index contributed by atoms with van der Waals surface area (Å²) in [7, 11) is 0. The Kier molecular flexibility index (Phi) is 3.43. The third-order valence-electron chi connectivity index (χ3n) is 2.74. The molecule has 17 heavy (non-hydrogen) atoms. The SMILES string of the molecule is Cc1cccc(NC(C)c2scnc2C)c1F. The Morgan fingerprint density at radius 2 is 2.12 bits per heavy atom. The van der Waals surface area contributed by atoms with Crippen LogP contribution in [0.1, 0.15) is 29.1 Å². The van der Waals surface area contributed by atoms with Gasteiger partial charge in [0.05, 0.1) is 22.9 Å². The van der Waals surface area contributed by atoms with E-state index in [0.717, 1.165) is 10.6 Å². The van der Waals surface area contributed by atoms with Crippen LogP contribution in [0.4, 0.5) is 10.1 Å². The number of nitrogens with zero attached hydrogens (tertiary/aromatic N) is 1.